The second-order valence-electron chi connectivity index (χ2n) is 6.55. The minimum absolute atomic E-state index is 0.255. The lowest BCUT2D eigenvalue weighted by Crippen LogP contribution is -2.51. The third-order valence-electron chi connectivity index (χ3n) is 4.74. The Kier molecular flexibility index (Phi) is 5.78. The van der Waals surface area contributed by atoms with Crippen molar-refractivity contribution in [1.82, 2.24) is 9.21 Å². The van der Waals surface area contributed by atoms with Crippen molar-refractivity contribution in [3.05, 3.63) is 59.4 Å². The Hall–Kier alpha value is -2.03. The van der Waals surface area contributed by atoms with Crippen LogP contribution in [-0.4, -0.2) is 48.9 Å². The number of halogens is 1. The van der Waals surface area contributed by atoms with Gasteiger partial charge in [0.25, 0.3) is 0 Å². The van der Waals surface area contributed by atoms with Crippen molar-refractivity contribution < 1.29 is 12.8 Å². The predicted octanol–water partition coefficient (Wildman–Crippen LogP) is 3.15. The van der Waals surface area contributed by atoms with Crippen molar-refractivity contribution in [2.24, 2.45) is 0 Å². The highest BCUT2D eigenvalue weighted by Gasteiger charge is 2.31. The van der Waals surface area contributed by atoms with Gasteiger partial charge in [0.15, 0.2) is 5.11 Å². The van der Waals surface area contributed by atoms with Crippen molar-refractivity contribution in [2.75, 3.05) is 31.5 Å². The zero-order chi connectivity index (χ0) is 19.6. The SMILES string of the molecule is Cc1ccc(NC(=S)N2CCN(S(=O)(=O)c3ccccc3F)CC2)cc1C. The molecular formula is C19H22FN3O2S2. The number of rotatable bonds is 3. The fourth-order valence-corrected chi connectivity index (χ4v) is 4.73. The average molecular weight is 408 g/mol. The van der Waals surface area contributed by atoms with Crippen molar-refractivity contribution in [2.45, 2.75) is 18.7 Å². The lowest BCUT2D eigenvalue weighted by Gasteiger charge is -2.35. The molecule has 0 atom stereocenters. The largest absolute Gasteiger partial charge is 0.346 e. The molecule has 0 unspecified atom stereocenters. The van der Waals surface area contributed by atoms with Gasteiger partial charge in [-0.3, -0.25) is 0 Å². The minimum Gasteiger partial charge on any atom is -0.346 e. The molecule has 2 aromatic rings. The van der Waals surface area contributed by atoms with Crippen molar-refractivity contribution >= 4 is 33.0 Å². The van der Waals surface area contributed by atoms with Crippen LogP contribution in [0.2, 0.25) is 0 Å². The Morgan fingerprint density at radius 3 is 2.33 bits per heavy atom. The number of hydrogen-bond donors (Lipinski definition) is 1. The highest BCUT2D eigenvalue weighted by atomic mass is 32.2. The van der Waals surface area contributed by atoms with Crippen LogP contribution in [-0.2, 0) is 10.0 Å². The van der Waals surface area contributed by atoms with E-state index in [1.165, 1.54) is 33.6 Å². The summed E-state index contributed by atoms with van der Waals surface area (Å²) in [4.78, 5) is 1.65. The molecule has 1 N–H and O–H groups in total. The molecule has 1 fully saturated rings. The van der Waals surface area contributed by atoms with Crippen molar-refractivity contribution in [3.63, 3.8) is 0 Å². The lowest BCUT2D eigenvalue weighted by atomic mass is 10.1. The van der Waals surface area contributed by atoms with Gasteiger partial charge in [0.05, 0.1) is 0 Å². The van der Waals surface area contributed by atoms with E-state index < -0.39 is 15.8 Å². The normalized spacial score (nSPS) is 15.6. The monoisotopic (exact) mass is 407 g/mol. The maximum Gasteiger partial charge on any atom is 0.246 e. The number of hydrogen-bond acceptors (Lipinski definition) is 3. The van der Waals surface area contributed by atoms with Crippen LogP contribution >= 0.6 is 12.2 Å². The number of nitrogens with one attached hydrogen (secondary N) is 1. The van der Waals surface area contributed by atoms with Crippen LogP contribution in [0.5, 0.6) is 0 Å². The average Bonchev–Trinajstić information content (AvgIpc) is 2.65. The van der Waals surface area contributed by atoms with E-state index in [4.69, 9.17) is 12.2 Å². The molecule has 8 heteroatoms. The van der Waals surface area contributed by atoms with Gasteiger partial charge in [0, 0.05) is 31.9 Å². The van der Waals surface area contributed by atoms with Gasteiger partial charge >= 0.3 is 0 Å². The standard InChI is InChI=1S/C19H22FN3O2S2/c1-14-7-8-16(13-15(14)2)21-19(26)22-9-11-23(12-10-22)27(24,25)18-6-4-3-5-17(18)20/h3-8,13H,9-12H2,1-2H3,(H,21,26). The minimum atomic E-state index is -3.84. The predicted molar refractivity (Wildman–Crippen MR) is 109 cm³/mol. The summed E-state index contributed by atoms with van der Waals surface area (Å²) in [7, 11) is -3.84. The lowest BCUT2D eigenvalue weighted by molar-refractivity contribution is 0.268. The van der Waals surface area contributed by atoms with E-state index in [2.05, 4.69) is 5.32 Å². The number of aryl methyl sites for hydroxylation is 2. The fraction of sp³-hybridized carbons (Fsp3) is 0.316. The Morgan fingerprint density at radius 2 is 1.70 bits per heavy atom. The van der Waals surface area contributed by atoms with E-state index in [9.17, 15) is 12.8 Å². The summed E-state index contributed by atoms with van der Waals surface area (Å²) >= 11 is 5.47. The van der Waals surface area contributed by atoms with E-state index in [1.54, 1.807) is 0 Å². The molecular weight excluding hydrogens is 385 g/mol. The van der Waals surface area contributed by atoms with Gasteiger partial charge in [-0.1, -0.05) is 18.2 Å². The van der Waals surface area contributed by atoms with E-state index in [0.29, 0.717) is 18.2 Å². The highest BCUT2D eigenvalue weighted by molar-refractivity contribution is 7.89. The summed E-state index contributed by atoms with van der Waals surface area (Å²) in [5.41, 5.74) is 3.28. The number of anilines is 1. The van der Waals surface area contributed by atoms with Gasteiger partial charge in [0.2, 0.25) is 10.0 Å². The summed E-state index contributed by atoms with van der Waals surface area (Å²) in [5.74, 6) is -0.730. The third-order valence-corrected chi connectivity index (χ3v) is 7.03. The van der Waals surface area contributed by atoms with Crippen LogP contribution in [0, 0.1) is 19.7 Å². The smallest absolute Gasteiger partial charge is 0.246 e. The summed E-state index contributed by atoms with van der Waals surface area (Å²) in [6, 6.07) is 11.5. The summed E-state index contributed by atoms with van der Waals surface area (Å²) in [5, 5.41) is 3.76. The third kappa shape index (κ3) is 4.28. The first-order valence-corrected chi connectivity index (χ1v) is 10.5. The van der Waals surface area contributed by atoms with Crippen LogP contribution < -0.4 is 5.32 Å². The zero-order valence-electron chi connectivity index (χ0n) is 15.3. The molecule has 1 saturated heterocycles. The first-order valence-electron chi connectivity index (χ1n) is 8.67. The zero-order valence-corrected chi connectivity index (χ0v) is 16.9. The Bertz CT molecular complexity index is 955. The molecule has 0 radical (unpaired) electrons. The van der Waals surface area contributed by atoms with Gasteiger partial charge in [0.1, 0.15) is 10.7 Å². The van der Waals surface area contributed by atoms with E-state index in [0.717, 1.165) is 11.8 Å². The maximum atomic E-state index is 13.9. The van der Waals surface area contributed by atoms with Crippen LogP contribution in [0.25, 0.3) is 0 Å². The molecule has 144 valence electrons. The molecule has 0 aliphatic carbocycles. The van der Waals surface area contributed by atoms with Crippen LogP contribution in [0.15, 0.2) is 47.4 Å². The van der Waals surface area contributed by atoms with Crippen LogP contribution in [0.1, 0.15) is 11.1 Å². The molecule has 2 aromatic carbocycles. The van der Waals surface area contributed by atoms with Gasteiger partial charge in [-0.15, -0.1) is 0 Å². The Balaban J connectivity index is 1.63. The molecule has 0 spiro atoms. The number of nitrogens with zero attached hydrogens (tertiary/aromatic N) is 2. The van der Waals surface area contributed by atoms with Crippen LogP contribution in [0.4, 0.5) is 10.1 Å². The molecule has 0 aromatic heterocycles. The quantitative estimate of drug-likeness (QED) is 0.793. The summed E-state index contributed by atoms with van der Waals surface area (Å²) < 4.78 is 40.5. The van der Waals surface area contributed by atoms with Gasteiger partial charge < -0.3 is 10.2 Å². The number of thiocarbonyl (C=S) groups is 1. The number of sulfonamides is 1. The molecule has 1 heterocycles. The maximum absolute atomic E-state index is 13.9. The molecule has 27 heavy (non-hydrogen) atoms. The molecule has 1 aliphatic heterocycles. The Morgan fingerprint density at radius 1 is 1.04 bits per heavy atom. The first-order chi connectivity index (χ1) is 12.8. The molecule has 3 rings (SSSR count). The van der Waals surface area contributed by atoms with Crippen molar-refractivity contribution in [3.8, 4) is 0 Å². The van der Waals surface area contributed by atoms with E-state index in [1.807, 2.05) is 36.9 Å². The second-order valence-corrected chi connectivity index (χ2v) is 8.84. The number of benzene rings is 2. The second kappa shape index (κ2) is 7.92. The van der Waals surface area contributed by atoms with Gasteiger partial charge in [-0.25, -0.2) is 12.8 Å². The molecule has 0 amide bonds. The van der Waals surface area contributed by atoms with Crippen LogP contribution in [0.3, 0.4) is 0 Å². The Labute approximate surface area is 164 Å². The number of piperazine rings is 1. The summed E-state index contributed by atoms with van der Waals surface area (Å²) in [6.07, 6.45) is 0. The molecule has 0 bridgehead atoms. The van der Waals surface area contributed by atoms with Gasteiger partial charge in [-0.2, -0.15) is 4.31 Å². The molecule has 0 saturated carbocycles. The fourth-order valence-electron chi connectivity index (χ4n) is 2.95. The van der Waals surface area contributed by atoms with Crippen molar-refractivity contribution in [1.29, 1.82) is 0 Å². The van der Waals surface area contributed by atoms with E-state index in [-0.39, 0.29) is 18.0 Å². The molecule has 5 nitrogen and oxygen atoms in total. The highest BCUT2D eigenvalue weighted by Crippen LogP contribution is 2.21. The van der Waals surface area contributed by atoms with E-state index >= 15 is 0 Å². The van der Waals surface area contributed by atoms with Gasteiger partial charge in [-0.05, 0) is 61.5 Å². The first kappa shape index (κ1) is 19.7. The molecule has 1 aliphatic rings. The topological polar surface area (TPSA) is 52.6 Å². The summed E-state index contributed by atoms with van der Waals surface area (Å²) in [6.45, 7) is 5.49.